The van der Waals surface area contributed by atoms with Gasteiger partial charge in [0.15, 0.2) is 6.61 Å². The molecular formula is C27H26Cl2N4O3. The Balaban J connectivity index is 1.43. The highest BCUT2D eigenvalue weighted by atomic mass is 35.5. The van der Waals surface area contributed by atoms with Crippen molar-refractivity contribution in [3.05, 3.63) is 94.0 Å². The largest absolute Gasteiger partial charge is 0.482 e. The lowest BCUT2D eigenvalue weighted by Gasteiger charge is -2.24. The van der Waals surface area contributed by atoms with Crippen LogP contribution in [-0.2, 0) is 9.59 Å². The topological polar surface area (TPSA) is 83.0 Å². The maximum atomic E-state index is 13.0. The zero-order chi connectivity index (χ0) is 25.7. The van der Waals surface area contributed by atoms with Crippen LogP contribution in [0, 0.1) is 0 Å². The fourth-order valence-electron chi connectivity index (χ4n) is 3.91. The van der Waals surface area contributed by atoms with Crippen molar-refractivity contribution in [1.82, 2.24) is 10.6 Å². The van der Waals surface area contributed by atoms with Crippen LogP contribution in [0.1, 0.15) is 18.1 Å². The van der Waals surface area contributed by atoms with E-state index in [1.54, 1.807) is 25.1 Å². The molecule has 3 aromatic carbocycles. The van der Waals surface area contributed by atoms with Gasteiger partial charge in [0.25, 0.3) is 5.91 Å². The Morgan fingerprint density at radius 3 is 2.56 bits per heavy atom. The van der Waals surface area contributed by atoms with Crippen molar-refractivity contribution in [2.45, 2.75) is 19.1 Å². The third-order valence-electron chi connectivity index (χ3n) is 5.70. The number of benzene rings is 3. The third-order valence-corrected chi connectivity index (χ3v) is 6.51. The number of rotatable bonds is 7. The number of anilines is 1. The zero-order valence-electron chi connectivity index (χ0n) is 19.9. The molecule has 4 rings (SSSR count). The van der Waals surface area contributed by atoms with Crippen LogP contribution in [-0.4, -0.2) is 49.9 Å². The molecule has 0 aromatic heterocycles. The van der Waals surface area contributed by atoms with Crippen LogP contribution in [0.25, 0.3) is 0 Å². The predicted octanol–water partition coefficient (Wildman–Crippen LogP) is 4.31. The molecule has 2 amide bonds. The number of carbonyl (C=O) groups is 2. The highest BCUT2D eigenvalue weighted by Crippen LogP contribution is 2.31. The number of para-hydroxylation sites is 1. The molecule has 3 aromatic rings. The van der Waals surface area contributed by atoms with Crippen LogP contribution >= 0.6 is 23.2 Å². The summed E-state index contributed by atoms with van der Waals surface area (Å²) in [6, 6.07) is 22.0. The van der Waals surface area contributed by atoms with E-state index in [0.717, 1.165) is 22.5 Å². The molecule has 2 N–H and O–H groups in total. The van der Waals surface area contributed by atoms with Gasteiger partial charge in [0, 0.05) is 23.9 Å². The first kappa shape index (κ1) is 25.5. The fraction of sp³-hybridized carbons (Fsp3) is 0.222. The Hall–Kier alpha value is -3.55. The van der Waals surface area contributed by atoms with E-state index < -0.39 is 18.1 Å². The van der Waals surface area contributed by atoms with Crippen molar-refractivity contribution in [1.29, 1.82) is 0 Å². The number of amides is 2. The van der Waals surface area contributed by atoms with E-state index in [1.807, 2.05) is 61.6 Å². The van der Waals surface area contributed by atoms with Gasteiger partial charge in [0.2, 0.25) is 5.91 Å². The van der Waals surface area contributed by atoms with Crippen LogP contribution in [0.5, 0.6) is 5.75 Å². The Morgan fingerprint density at radius 2 is 1.78 bits per heavy atom. The van der Waals surface area contributed by atoms with Gasteiger partial charge in [-0.15, -0.1) is 0 Å². The lowest BCUT2D eigenvalue weighted by atomic mass is 10.0. The van der Waals surface area contributed by atoms with Crippen LogP contribution < -0.4 is 20.3 Å². The molecular weight excluding hydrogens is 499 g/mol. The highest BCUT2D eigenvalue weighted by Gasteiger charge is 2.25. The van der Waals surface area contributed by atoms with Crippen molar-refractivity contribution in [2.75, 3.05) is 25.1 Å². The number of halogens is 2. The van der Waals surface area contributed by atoms with Crippen molar-refractivity contribution < 1.29 is 14.3 Å². The van der Waals surface area contributed by atoms with Gasteiger partial charge in [-0.3, -0.25) is 14.6 Å². The first-order valence-electron chi connectivity index (χ1n) is 11.4. The van der Waals surface area contributed by atoms with Gasteiger partial charge >= 0.3 is 0 Å². The number of fused-ring (bicyclic) bond motifs is 1. The molecule has 1 aliphatic rings. The molecule has 0 saturated carbocycles. The van der Waals surface area contributed by atoms with E-state index >= 15 is 0 Å². The standard InChI is InChI=1S/C27H26Cl2N4O3/c1-17(30-24(34)16-36-22-14-8-12-20(28)25(22)29)27(35)32-23-15-33(2)21-13-7-6-11-19(21)26(31-23)18-9-4-3-5-10-18/h3-14,17,23H,15-16H2,1-2H3,(H,30,34)(H,32,35)/t17-,23+/m0/s1. The Labute approximate surface area is 220 Å². The van der Waals surface area contributed by atoms with Crippen molar-refractivity contribution >= 4 is 46.4 Å². The van der Waals surface area contributed by atoms with E-state index in [2.05, 4.69) is 15.5 Å². The minimum atomic E-state index is -0.803. The molecule has 186 valence electrons. The second kappa shape index (κ2) is 11.5. The van der Waals surface area contributed by atoms with Crippen molar-refractivity contribution in [2.24, 2.45) is 4.99 Å². The number of benzodiazepines with no additional fused rings is 1. The second-order valence-corrected chi connectivity index (χ2v) is 9.18. The van der Waals surface area contributed by atoms with E-state index in [0.29, 0.717) is 17.3 Å². The van der Waals surface area contributed by atoms with Gasteiger partial charge in [-0.1, -0.05) is 77.8 Å². The van der Waals surface area contributed by atoms with Crippen LogP contribution in [0.15, 0.2) is 77.8 Å². The van der Waals surface area contributed by atoms with Gasteiger partial charge in [0.1, 0.15) is 23.0 Å². The fourth-order valence-corrected chi connectivity index (χ4v) is 4.26. The Morgan fingerprint density at radius 1 is 1.06 bits per heavy atom. The molecule has 1 aliphatic heterocycles. The van der Waals surface area contributed by atoms with E-state index in [-0.39, 0.29) is 17.5 Å². The average Bonchev–Trinajstić information content (AvgIpc) is 3.01. The molecule has 0 unspecified atom stereocenters. The number of nitrogens with zero attached hydrogens (tertiary/aromatic N) is 2. The molecule has 7 nitrogen and oxygen atoms in total. The van der Waals surface area contributed by atoms with Gasteiger partial charge in [-0.25, -0.2) is 0 Å². The molecule has 0 bridgehead atoms. The van der Waals surface area contributed by atoms with Crippen molar-refractivity contribution in [3.8, 4) is 5.75 Å². The van der Waals surface area contributed by atoms with E-state index in [1.165, 1.54) is 0 Å². The monoisotopic (exact) mass is 524 g/mol. The number of carbonyl (C=O) groups excluding carboxylic acids is 2. The highest BCUT2D eigenvalue weighted by molar-refractivity contribution is 6.42. The van der Waals surface area contributed by atoms with E-state index in [9.17, 15) is 9.59 Å². The van der Waals surface area contributed by atoms with Crippen LogP contribution in [0.2, 0.25) is 10.0 Å². The number of aliphatic imine (C=N–C) groups is 1. The number of nitrogens with one attached hydrogen (secondary N) is 2. The molecule has 2 atom stereocenters. The summed E-state index contributed by atoms with van der Waals surface area (Å²) in [7, 11) is 1.96. The molecule has 36 heavy (non-hydrogen) atoms. The quantitative estimate of drug-likeness (QED) is 0.482. The number of hydrogen-bond donors (Lipinski definition) is 2. The maximum Gasteiger partial charge on any atom is 0.258 e. The summed E-state index contributed by atoms with van der Waals surface area (Å²) in [6.07, 6.45) is -0.522. The summed E-state index contributed by atoms with van der Waals surface area (Å²) >= 11 is 12.1. The summed E-state index contributed by atoms with van der Waals surface area (Å²) < 4.78 is 5.45. The van der Waals surface area contributed by atoms with Crippen LogP contribution in [0.4, 0.5) is 5.69 Å². The summed E-state index contributed by atoms with van der Waals surface area (Å²) in [6.45, 7) is 1.77. The molecule has 0 radical (unpaired) electrons. The van der Waals surface area contributed by atoms with Gasteiger partial charge in [-0.05, 0) is 25.1 Å². The molecule has 0 fully saturated rings. The number of likely N-dealkylation sites (N-methyl/N-ethyl adjacent to an activating group) is 1. The second-order valence-electron chi connectivity index (χ2n) is 8.40. The smallest absolute Gasteiger partial charge is 0.258 e. The van der Waals surface area contributed by atoms with Crippen molar-refractivity contribution in [3.63, 3.8) is 0 Å². The minimum Gasteiger partial charge on any atom is -0.482 e. The lowest BCUT2D eigenvalue weighted by molar-refractivity contribution is -0.129. The summed E-state index contributed by atoms with van der Waals surface area (Å²) in [4.78, 5) is 32.3. The number of hydrogen-bond acceptors (Lipinski definition) is 5. The average molecular weight is 525 g/mol. The van der Waals surface area contributed by atoms with E-state index in [4.69, 9.17) is 32.9 Å². The van der Waals surface area contributed by atoms with Gasteiger partial charge < -0.3 is 20.3 Å². The number of ether oxygens (including phenoxy) is 1. The first-order chi connectivity index (χ1) is 17.3. The van der Waals surface area contributed by atoms with Crippen LogP contribution in [0.3, 0.4) is 0 Å². The minimum absolute atomic E-state index is 0.225. The normalized spacial score (nSPS) is 15.7. The van der Waals surface area contributed by atoms with Gasteiger partial charge in [0.05, 0.1) is 17.3 Å². The SMILES string of the molecule is C[C@H](NC(=O)COc1cccc(Cl)c1Cl)C(=O)N[C@@H]1CN(C)c2ccccc2C(c2ccccc2)=N1. The molecule has 0 spiro atoms. The summed E-state index contributed by atoms with van der Waals surface area (Å²) in [5.41, 5.74) is 3.76. The van der Waals surface area contributed by atoms with Gasteiger partial charge in [-0.2, -0.15) is 0 Å². The molecule has 0 aliphatic carbocycles. The lowest BCUT2D eigenvalue weighted by Crippen LogP contribution is -2.50. The first-order valence-corrected chi connectivity index (χ1v) is 12.2. The molecule has 0 saturated heterocycles. The predicted molar refractivity (Wildman–Crippen MR) is 143 cm³/mol. The molecule has 1 heterocycles. The maximum absolute atomic E-state index is 13.0. The molecule has 9 heteroatoms. The summed E-state index contributed by atoms with van der Waals surface area (Å²) in [5, 5.41) is 6.16. The summed E-state index contributed by atoms with van der Waals surface area (Å²) in [5.74, 6) is -0.530. The third kappa shape index (κ3) is 5.98. The Kier molecular flexibility index (Phi) is 8.13. The Bertz CT molecular complexity index is 1280. The zero-order valence-corrected chi connectivity index (χ0v) is 21.4.